The van der Waals surface area contributed by atoms with Crippen LogP contribution in [-0.2, 0) is 4.57 Å². The molecule has 0 saturated heterocycles. The van der Waals surface area contributed by atoms with Crippen LogP contribution in [0.15, 0.2) is 24.4 Å². The van der Waals surface area contributed by atoms with Crippen molar-refractivity contribution in [2.45, 2.75) is 0 Å². The summed E-state index contributed by atoms with van der Waals surface area (Å²) in [6.45, 7) is 0. The molecule has 0 aliphatic heterocycles. The Kier molecular flexibility index (Phi) is 4.54. The normalized spacial score (nSPS) is 10.2. The predicted octanol–water partition coefficient (Wildman–Crippen LogP) is -0.0954. The second-order valence-electron chi connectivity index (χ2n) is 1.75. The molecular formula is C5H7LiNO4P. The molecule has 12 heavy (non-hydrogen) atoms. The maximum atomic E-state index is 10.2. The molecule has 0 aromatic carbocycles. The summed E-state index contributed by atoms with van der Waals surface area (Å²) in [5, 5.41) is 0. The van der Waals surface area contributed by atoms with Crippen molar-refractivity contribution in [3.63, 3.8) is 0 Å². The zero-order valence-corrected chi connectivity index (χ0v) is 6.31. The molecular weight excluding hydrogens is 176 g/mol. The number of nitrogens with zero attached hydrogens (tertiary/aromatic N) is 1. The average molecular weight is 183 g/mol. The SMILES string of the molecule is O=P(O)(O)Oc1ccccn1.[LiH]. The summed E-state index contributed by atoms with van der Waals surface area (Å²) in [5.74, 6) is -0.0826. The summed E-state index contributed by atoms with van der Waals surface area (Å²) >= 11 is 0. The zero-order valence-electron chi connectivity index (χ0n) is 5.41. The first-order chi connectivity index (χ1) is 5.08. The van der Waals surface area contributed by atoms with Crippen LogP contribution < -0.4 is 4.52 Å². The van der Waals surface area contributed by atoms with E-state index in [1.165, 1.54) is 12.3 Å². The van der Waals surface area contributed by atoms with Gasteiger partial charge in [-0.15, -0.1) is 0 Å². The molecule has 0 unspecified atom stereocenters. The molecule has 0 bridgehead atoms. The number of phosphoric acid groups is 1. The molecule has 0 fully saturated rings. The van der Waals surface area contributed by atoms with E-state index in [0.717, 1.165) is 0 Å². The molecule has 7 heteroatoms. The van der Waals surface area contributed by atoms with Crippen molar-refractivity contribution in [2.24, 2.45) is 0 Å². The number of hydrogen-bond donors (Lipinski definition) is 2. The van der Waals surface area contributed by atoms with Crippen molar-refractivity contribution in [1.29, 1.82) is 0 Å². The monoisotopic (exact) mass is 183 g/mol. The summed E-state index contributed by atoms with van der Waals surface area (Å²) in [6.07, 6.45) is 1.38. The number of pyridine rings is 1. The molecule has 1 aromatic heterocycles. The van der Waals surface area contributed by atoms with Gasteiger partial charge in [-0.25, -0.2) is 9.55 Å². The second kappa shape index (κ2) is 4.66. The Morgan fingerprint density at radius 3 is 2.50 bits per heavy atom. The third-order valence-electron chi connectivity index (χ3n) is 0.850. The molecule has 5 nitrogen and oxygen atoms in total. The Labute approximate surface area is 81.2 Å². The van der Waals surface area contributed by atoms with E-state index < -0.39 is 7.82 Å². The van der Waals surface area contributed by atoms with Crippen molar-refractivity contribution in [3.8, 4) is 5.88 Å². The fourth-order valence-corrected chi connectivity index (χ4v) is 0.875. The first-order valence-electron chi connectivity index (χ1n) is 2.74. The molecule has 0 saturated carbocycles. The van der Waals surface area contributed by atoms with E-state index in [4.69, 9.17) is 9.79 Å². The van der Waals surface area contributed by atoms with E-state index in [1.54, 1.807) is 12.1 Å². The minimum absolute atomic E-state index is 0. The summed E-state index contributed by atoms with van der Waals surface area (Å²) in [5.41, 5.74) is 0. The number of phosphoric ester groups is 1. The van der Waals surface area contributed by atoms with Crippen LogP contribution >= 0.6 is 7.82 Å². The molecule has 0 atom stereocenters. The van der Waals surface area contributed by atoms with E-state index >= 15 is 0 Å². The van der Waals surface area contributed by atoms with Crippen LogP contribution in [0.4, 0.5) is 0 Å². The van der Waals surface area contributed by atoms with Crippen LogP contribution in [0.1, 0.15) is 0 Å². The van der Waals surface area contributed by atoms with E-state index in [-0.39, 0.29) is 24.7 Å². The second-order valence-corrected chi connectivity index (χ2v) is 2.91. The standard InChI is InChI=1S/C5H6NO4P.Li.H/c7-11(8,9)10-5-3-1-2-4-6-5;;/h1-4H,(H2,7,8,9);;. The molecule has 1 heterocycles. The predicted molar refractivity (Wildman–Crippen MR) is 44.1 cm³/mol. The van der Waals surface area contributed by atoms with Gasteiger partial charge in [0, 0.05) is 12.3 Å². The van der Waals surface area contributed by atoms with Crippen LogP contribution in [0.25, 0.3) is 0 Å². The Morgan fingerprint density at radius 2 is 2.08 bits per heavy atom. The van der Waals surface area contributed by atoms with Gasteiger partial charge in [-0.3, -0.25) is 9.79 Å². The fourth-order valence-electron chi connectivity index (χ4n) is 0.523. The first kappa shape index (κ1) is 11.7. The third-order valence-corrected chi connectivity index (χ3v) is 1.28. The summed E-state index contributed by atoms with van der Waals surface area (Å²) in [4.78, 5) is 20.2. The van der Waals surface area contributed by atoms with Crippen LogP contribution in [0.3, 0.4) is 0 Å². The van der Waals surface area contributed by atoms with E-state index in [2.05, 4.69) is 9.51 Å². The average Bonchev–Trinajstić information content (AvgIpc) is 1.85. The molecule has 0 aliphatic rings. The van der Waals surface area contributed by atoms with Crippen LogP contribution in [-0.4, -0.2) is 33.6 Å². The van der Waals surface area contributed by atoms with Gasteiger partial charge >= 0.3 is 26.7 Å². The minimum atomic E-state index is -4.45. The van der Waals surface area contributed by atoms with Crippen molar-refractivity contribution in [1.82, 2.24) is 4.98 Å². The van der Waals surface area contributed by atoms with Crippen molar-refractivity contribution in [3.05, 3.63) is 24.4 Å². The third kappa shape index (κ3) is 4.55. The molecule has 0 amide bonds. The summed E-state index contributed by atoms with van der Waals surface area (Å²) in [6, 6.07) is 4.55. The number of aromatic nitrogens is 1. The van der Waals surface area contributed by atoms with Gasteiger partial charge in [-0.05, 0) is 6.07 Å². The van der Waals surface area contributed by atoms with Gasteiger partial charge < -0.3 is 4.52 Å². The number of rotatable bonds is 2. The Hall–Kier alpha value is -0.303. The van der Waals surface area contributed by atoms with Crippen LogP contribution in [0, 0.1) is 0 Å². The number of hydrogen-bond acceptors (Lipinski definition) is 3. The molecule has 0 spiro atoms. The summed E-state index contributed by atoms with van der Waals surface area (Å²) in [7, 11) is -4.45. The fraction of sp³-hybridized carbons (Fsp3) is 0. The van der Waals surface area contributed by atoms with E-state index in [0.29, 0.717) is 0 Å². The molecule has 0 radical (unpaired) electrons. The summed E-state index contributed by atoms with van der Waals surface area (Å²) < 4.78 is 14.4. The molecule has 62 valence electrons. The van der Waals surface area contributed by atoms with Gasteiger partial charge in [0.05, 0.1) is 0 Å². The Balaban J connectivity index is 0.00000121. The van der Waals surface area contributed by atoms with Crippen molar-refractivity contribution >= 4 is 26.7 Å². The van der Waals surface area contributed by atoms with Gasteiger partial charge in [0.2, 0.25) is 5.88 Å². The quantitative estimate of drug-likeness (QED) is 0.494. The van der Waals surface area contributed by atoms with Gasteiger partial charge in [-0.1, -0.05) is 6.07 Å². The van der Waals surface area contributed by atoms with Gasteiger partial charge in [0.1, 0.15) is 0 Å². The molecule has 1 rings (SSSR count). The van der Waals surface area contributed by atoms with E-state index in [1.807, 2.05) is 0 Å². The Morgan fingerprint density at radius 1 is 1.42 bits per heavy atom. The molecule has 1 aromatic rings. The first-order valence-corrected chi connectivity index (χ1v) is 4.27. The zero-order chi connectivity index (χ0) is 8.32. The van der Waals surface area contributed by atoms with Gasteiger partial charge in [0.25, 0.3) is 0 Å². The van der Waals surface area contributed by atoms with Crippen LogP contribution in [0.2, 0.25) is 0 Å². The van der Waals surface area contributed by atoms with Crippen molar-refractivity contribution < 1.29 is 18.9 Å². The molecule has 0 aliphatic carbocycles. The van der Waals surface area contributed by atoms with Crippen LogP contribution in [0.5, 0.6) is 5.88 Å². The van der Waals surface area contributed by atoms with Crippen molar-refractivity contribution in [2.75, 3.05) is 0 Å². The van der Waals surface area contributed by atoms with E-state index in [9.17, 15) is 4.57 Å². The maximum absolute atomic E-state index is 10.2. The van der Waals surface area contributed by atoms with Gasteiger partial charge in [-0.2, -0.15) is 0 Å². The topological polar surface area (TPSA) is 79.7 Å². The van der Waals surface area contributed by atoms with Gasteiger partial charge in [0.15, 0.2) is 0 Å². The Bertz CT molecular complexity index is 274. The molecule has 2 N–H and O–H groups in total.